The highest BCUT2D eigenvalue weighted by Gasteiger charge is 2.38. The van der Waals surface area contributed by atoms with Gasteiger partial charge in [0.05, 0.1) is 0 Å². The van der Waals surface area contributed by atoms with Crippen LogP contribution in [0.3, 0.4) is 0 Å². The van der Waals surface area contributed by atoms with E-state index in [1.807, 2.05) is 13.8 Å². The highest BCUT2D eigenvalue weighted by atomic mass is 19.1. The van der Waals surface area contributed by atoms with E-state index in [-0.39, 0.29) is 18.4 Å². The van der Waals surface area contributed by atoms with Crippen LogP contribution in [0.5, 0.6) is 0 Å². The van der Waals surface area contributed by atoms with Gasteiger partial charge in [0.15, 0.2) is 0 Å². The molecule has 0 aromatic carbocycles. The number of rotatable bonds is 6. The first-order valence-electron chi connectivity index (χ1n) is 6.32. The molecule has 5 heteroatoms. The van der Waals surface area contributed by atoms with Crippen molar-refractivity contribution in [2.24, 2.45) is 0 Å². The number of carbonyl (C=O) groups excluding carboxylic acids is 2. The van der Waals surface area contributed by atoms with Crippen molar-refractivity contribution in [1.82, 2.24) is 10.2 Å². The van der Waals surface area contributed by atoms with E-state index in [9.17, 15) is 14.0 Å². The Kier molecular flexibility index (Phi) is 5.38. The third kappa shape index (κ3) is 3.17. The smallest absolute Gasteiger partial charge is 0.245 e. The summed E-state index contributed by atoms with van der Waals surface area (Å²) in [7, 11) is 0. The second kappa shape index (κ2) is 6.57. The standard InChI is InChI=1S/C12H21FN2O2/c1-3-5-9-12(17)15(8-7-13)10(6-4-2)11(16)14-9/h9-10H,3-8H2,1-2H3,(H,14,16). The Morgan fingerprint density at radius 1 is 1.24 bits per heavy atom. The van der Waals surface area contributed by atoms with Gasteiger partial charge >= 0.3 is 0 Å². The van der Waals surface area contributed by atoms with E-state index < -0.39 is 18.8 Å². The maximum Gasteiger partial charge on any atom is 0.245 e. The molecule has 0 aromatic heterocycles. The molecule has 2 atom stereocenters. The number of carbonyl (C=O) groups is 2. The maximum absolute atomic E-state index is 12.5. The zero-order valence-electron chi connectivity index (χ0n) is 10.5. The van der Waals surface area contributed by atoms with Crippen LogP contribution in [0.4, 0.5) is 4.39 Å². The molecule has 0 spiro atoms. The Balaban J connectivity index is 2.80. The largest absolute Gasteiger partial charge is 0.343 e. The fourth-order valence-corrected chi connectivity index (χ4v) is 2.23. The van der Waals surface area contributed by atoms with E-state index in [1.165, 1.54) is 4.90 Å². The second-order valence-corrected chi connectivity index (χ2v) is 4.37. The first kappa shape index (κ1) is 13.9. The molecule has 2 unspecified atom stereocenters. The van der Waals surface area contributed by atoms with Crippen molar-refractivity contribution in [3.63, 3.8) is 0 Å². The molecular weight excluding hydrogens is 223 g/mol. The van der Waals surface area contributed by atoms with Gasteiger partial charge in [-0.1, -0.05) is 26.7 Å². The quantitative estimate of drug-likeness (QED) is 0.764. The summed E-state index contributed by atoms with van der Waals surface area (Å²) in [4.78, 5) is 25.4. The molecule has 1 rings (SSSR count). The normalized spacial score (nSPS) is 25.0. The number of hydrogen-bond acceptors (Lipinski definition) is 2. The summed E-state index contributed by atoms with van der Waals surface area (Å²) < 4.78 is 12.5. The predicted octanol–water partition coefficient (Wildman–Crippen LogP) is 1.25. The molecule has 1 fully saturated rings. The van der Waals surface area contributed by atoms with Gasteiger partial charge in [-0.2, -0.15) is 0 Å². The number of amides is 2. The van der Waals surface area contributed by atoms with Crippen LogP contribution in [0.2, 0.25) is 0 Å². The van der Waals surface area contributed by atoms with E-state index in [0.717, 1.165) is 12.8 Å². The van der Waals surface area contributed by atoms with E-state index in [2.05, 4.69) is 5.32 Å². The monoisotopic (exact) mass is 244 g/mol. The van der Waals surface area contributed by atoms with Gasteiger partial charge in [-0.05, 0) is 12.8 Å². The number of nitrogens with one attached hydrogen (secondary N) is 1. The average molecular weight is 244 g/mol. The number of halogens is 1. The van der Waals surface area contributed by atoms with Crippen molar-refractivity contribution in [2.75, 3.05) is 13.2 Å². The lowest BCUT2D eigenvalue weighted by Gasteiger charge is -2.38. The number of hydrogen-bond donors (Lipinski definition) is 1. The van der Waals surface area contributed by atoms with Gasteiger partial charge in [-0.3, -0.25) is 9.59 Å². The maximum atomic E-state index is 12.5. The SMILES string of the molecule is CCCC1NC(=O)C(CCC)N(CCF)C1=O. The molecule has 0 aromatic rings. The van der Waals surface area contributed by atoms with E-state index >= 15 is 0 Å². The van der Waals surface area contributed by atoms with Gasteiger partial charge in [0.2, 0.25) is 11.8 Å². The van der Waals surface area contributed by atoms with Gasteiger partial charge < -0.3 is 10.2 Å². The molecule has 4 nitrogen and oxygen atoms in total. The minimum atomic E-state index is -0.599. The summed E-state index contributed by atoms with van der Waals surface area (Å²) in [6.07, 6.45) is 2.83. The number of nitrogens with zero attached hydrogens (tertiary/aromatic N) is 1. The molecule has 0 bridgehead atoms. The zero-order chi connectivity index (χ0) is 12.8. The molecule has 1 heterocycles. The lowest BCUT2D eigenvalue weighted by Crippen LogP contribution is -2.63. The van der Waals surface area contributed by atoms with Crippen LogP contribution >= 0.6 is 0 Å². The molecule has 98 valence electrons. The highest BCUT2D eigenvalue weighted by molar-refractivity contribution is 5.96. The molecule has 2 amide bonds. The minimum Gasteiger partial charge on any atom is -0.343 e. The van der Waals surface area contributed by atoms with Crippen LogP contribution in [-0.4, -0.2) is 42.0 Å². The van der Waals surface area contributed by atoms with Gasteiger partial charge in [-0.25, -0.2) is 4.39 Å². The topological polar surface area (TPSA) is 49.4 Å². The molecule has 0 radical (unpaired) electrons. The molecule has 1 aliphatic heterocycles. The second-order valence-electron chi connectivity index (χ2n) is 4.37. The fourth-order valence-electron chi connectivity index (χ4n) is 2.23. The van der Waals surface area contributed by atoms with Crippen molar-refractivity contribution in [1.29, 1.82) is 0 Å². The van der Waals surface area contributed by atoms with Gasteiger partial charge in [0, 0.05) is 6.54 Å². The summed E-state index contributed by atoms with van der Waals surface area (Å²) in [5.74, 6) is -0.277. The van der Waals surface area contributed by atoms with Crippen molar-refractivity contribution < 1.29 is 14.0 Å². The van der Waals surface area contributed by atoms with E-state index in [0.29, 0.717) is 12.8 Å². The molecule has 0 aliphatic carbocycles. The first-order chi connectivity index (χ1) is 8.15. The molecule has 1 saturated heterocycles. The van der Waals surface area contributed by atoms with E-state index in [1.54, 1.807) is 0 Å². The molecule has 1 aliphatic rings. The fraction of sp³-hybridized carbons (Fsp3) is 0.833. The Hall–Kier alpha value is -1.13. The highest BCUT2D eigenvalue weighted by Crippen LogP contribution is 2.16. The lowest BCUT2D eigenvalue weighted by molar-refractivity contribution is -0.150. The molecule has 1 N–H and O–H groups in total. The third-order valence-electron chi connectivity index (χ3n) is 3.04. The van der Waals surface area contributed by atoms with Gasteiger partial charge in [0.1, 0.15) is 18.8 Å². The Morgan fingerprint density at radius 3 is 2.41 bits per heavy atom. The summed E-state index contributed by atoms with van der Waals surface area (Å²) in [5.41, 5.74) is 0. The van der Waals surface area contributed by atoms with Crippen LogP contribution < -0.4 is 5.32 Å². The van der Waals surface area contributed by atoms with Gasteiger partial charge in [0.25, 0.3) is 0 Å². The first-order valence-corrected chi connectivity index (χ1v) is 6.32. The van der Waals surface area contributed by atoms with Crippen molar-refractivity contribution in [3.8, 4) is 0 Å². The Bertz CT molecular complexity index is 284. The van der Waals surface area contributed by atoms with Crippen molar-refractivity contribution in [3.05, 3.63) is 0 Å². The summed E-state index contributed by atoms with van der Waals surface area (Å²) in [6.45, 7) is 3.33. The van der Waals surface area contributed by atoms with Crippen LogP contribution in [0.15, 0.2) is 0 Å². The third-order valence-corrected chi connectivity index (χ3v) is 3.04. The van der Waals surface area contributed by atoms with Crippen molar-refractivity contribution in [2.45, 2.75) is 51.6 Å². The minimum absolute atomic E-state index is 0.0249. The lowest BCUT2D eigenvalue weighted by atomic mass is 10.0. The van der Waals surface area contributed by atoms with Crippen LogP contribution in [0, 0.1) is 0 Å². The summed E-state index contributed by atoms with van der Waals surface area (Å²) >= 11 is 0. The number of piperazine rings is 1. The van der Waals surface area contributed by atoms with Gasteiger partial charge in [-0.15, -0.1) is 0 Å². The Labute approximate surface area is 102 Å². The van der Waals surface area contributed by atoms with Crippen molar-refractivity contribution >= 4 is 11.8 Å². The molecule has 17 heavy (non-hydrogen) atoms. The van der Waals surface area contributed by atoms with Crippen LogP contribution in [0.25, 0.3) is 0 Å². The predicted molar refractivity (Wildman–Crippen MR) is 63.2 cm³/mol. The number of alkyl halides is 1. The molecule has 0 saturated carbocycles. The summed E-state index contributed by atoms with van der Waals surface area (Å²) in [5, 5.41) is 2.74. The summed E-state index contributed by atoms with van der Waals surface area (Å²) in [6, 6.07) is -0.955. The van der Waals surface area contributed by atoms with Crippen LogP contribution in [-0.2, 0) is 9.59 Å². The average Bonchev–Trinajstić information content (AvgIpc) is 2.30. The van der Waals surface area contributed by atoms with E-state index in [4.69, 9.17) is 0 Å². The molecular formula is C12H21FN2O2. The Morgan fingerprint density at radius 2 is 1.88 bits per heavy atom. The van der Waals surface area contributed by atoms with Crippen LogP contribution in [0.1, 0.15) is 39.5 Å². The zero-order valence-corrected chi connectivity index (χ0v) is 10.5.